The number of nitrogens with zero attached hydrogens (tertiary/aromatic N) is 3. The van der Waals surface area contributed by atoms with E-state index in [-0.39, 0.29) is 11.5 Å². The molecule has 0 unspecified atom stereocenters. The predicted molar refractivity (Wildman–Crippen MR) is 105 cm³/mol. The highest BCUT2D eigenvalue weighted by atomic mass is 16.2. The zero-order valence-corrected chi connectivity index (χ0v) is 16.3. The maximum Gasteiger partial charge on any atom is 0.274 e. The summed E-state index contributed by atoms with van der Waals surface area (Å²) in [7, 11) is 3.54. The number of aromatic amines is 1. The molecule has 0 radical (unpaired) electrons. The average molecular weight is 358 g/mol. The second-order valence-corrected chi connectivity index (χ2v) is 7.81. The molecule has 2 aromatic heterocycles. The van der Waals surface area contributed by atoms with E-state index in [9.17, 15) is 9.59 Å². The van der Waals surface area contributed by atoms with E-state index in [1.54, 1.807) is 30.4 Å². The summed E-state index contributed by atoms with van der Waals surface area (Å²) < 4.78 is 1.47. The highest BCUT2D eigenvalue weighted by molar-refractivity contribution is 6.05. The zero-order valence-electron chi connectivity index (χ0n) is 16.3. The summed E-state index contributed by atoms with van der Waals surface area (Å²) in [5.41, 5.74) is 0.967. The smallest absolute Gasteiger partial charge is 0.274 e. The molecule has 1 amide bonds. The van der Waals surface area contributed by atoms with Crippen LogP contribution in [-0.2, 0) is 7.05 Å². The van der Waals surface area contributed by atoms with Crippen LogP contribution < -0.4 is 5.56 Å². The summed E-state index contributed by atoms with van der Waals surface area (Å²) in [5, 5.41) is 0.704. The van der Waals surface area contributed by atoms with Gasteiger partial charge in [0.1, 0.15) is 5.52 Å². The van der Waals surface area contributed by atoms with Crippen molar-refractivity contribution in [2.24, 2.45) is 13.0 Å². The largest absolute Gasteiger partial charge is 0.357 e. The Balaban J connectivity index is 1.63. The van der Waals surface area contributed by atoms with Crippen LogP contribution in [0.2, 0.25) is 0 Å². The number of aromatic nitrogens is 2. The van der Waals surface area contributed by atoms with E-state index in [1.807, 2.05) is 7.05 Å². The molecule has 1 aliphatic rings. The Bertz CT molecular complexity index is 828. The van der Waals surface area contributed by atoms with Gasteiger partial charge in [0.2, 0.25) is 0 Å². The van der Waals surface area contributed by atoms with Crippen molar-refractivity contribution in [1.82, 2.24) is 19.4 Å². The molecule has 1 aliphatic heterocycles. The number of aryl methyl sites for hydroxylation is 1. The van der Waals surface area contributed by atoms with E-state index in [1.165, 1.54) is 17.4 Å². The lowest BCUT2D eigenvalue weighted by Gasteiger charge is -2.35. The number of piperidine rings is 1. The fourth-order valence-electron chi connectivity index (χ4n) is 3.88. The van der Waals surface area contributed by atoms with Crippen LogP contribution in [0.15, 0.2) is 23.3 Å². The van der Waals surface area contributed by atoms with Crippen molar-refractivity contribution < 1.29 is 4.79 Å². The van der Waals surface area contributed by atoms with Crippen molar-refractivity contribution in [2.45, 2.75) is 39.2 Å². The SMILES string of the molecule is CC(C)N1CCC(CCN(C)C(=O)c2cn(C)c(=O)c3[nH]ccc23)CC1. The molecule has 2 aromatic rings. The van der Waals surface area contributed by atoms with Crippen LogP contribution >= 0.6 is 0 Å². The van der Waals surface area contributed by atoms with Crippen LogP contribution in [0.3, 0.4) is 0 Å². The van der Waals surface area contributed by atoms with Crippen LogP contribution in [0.5, 0.6) is 0 Å². The number of fused-ring (bicyclic) bond motifs is 1. The number of hydrogen-bond donors (Lipinski definition) is 1. The van der Waals surface area contributed by atoms with Crippen molar-refractivity contribution in [3.8, 4) is 0 Å². The van der Waals surface area contributed by atoms with Gasteiger partial charge in [-0.1, -0.05) is 0 Å². The number of H-pyrrole nitrogens is 1. The van der Waals surface area contributed by atoms with Crippen LogP contribution in [0.4, 0.5) is 0 Å². The van der Waals surface area contributed by atoms with Gasteiger partial charge in [-0.3, -0.25) is 9.59 Å². The highest BCUT2D eigenvalue weighted by Crippen LogP contribution is 2.23. The van der Waals surface area contributed by atoms with E-state index in [0.29, 0.717) is 28.4 Å². The molecule has 142 valence electrons. The summed E-state index contributed by atoms with van der Waals surface area (Å²) in [6, 6.07) is 2.42. The van der Waals surface area contributed by atoms with Crippen LogP contribution in [0, 0.1) is 5.92 Å². The summed E-state index contributed by atoms with van der Waals surface area (Å²) >= 11 is 0. The molecule has 6 heteroatoms. The fourth-order valence-corrected chi connectivity index (χ4v) is 3.88. The minimum atomic E-state index is -0.110. The number of pyridine rings is 1. The van der Waals surface area contributed by atoms with E-state index < -0.39 is 0 Å². The minimum Gasteiger partial charge on any atom is -0.357 e. The van der Waals surface area contributed by atoms with E-state index in [4.69, 9.17) is 0 Å². The number of rotatable bonds is 5. The summed E-state index contributed by atoms with van der Waals surface area (Å²) in [6.07, 6.45) is 6.82. The maximum absolute atomic E-state index is 12.9. The maximum atomic E-state index is 12.9. The topological polar surface area (TPSA) is 61.3 Å². The molecule has 3 heterocycles. The Morgan fingerprint density at radius 2 is 2.04 bits per heavy atom. The first-order valence-corrected chi connectivity index (χ1v) is 9.54. The van der Waals surface area contributed by atoms with Gasteiger partial charge in [0.05, 0.1) is 5.56 Å². The van der Waals surface area contributed by atoms with Crippen molar-refractivity contribution in [2.75, 3.05) is 26.7 Å². The molecule has 1 saturated heterocycles. The van der Waals surface area contributed by atoms with E-state index in [0.717, 1.165) is 26.1 Å². The second kappa shape index (κ2) is 7.66. The lowest BCUT2D eigenvalue weighted by atomic mass is 9.92. The standard InChI is InChI=1S/C20H30N4O2/c1-14(2)24-11-7-15(8-12-24)6-10-22(3)19(25)17-13-23(4)20(26)18-16(17)5-9-21-18/h5,9,13-15,21H,6-8,10-12H2,1-4H3. The molecule has 0 bridgehead atoms. The monoisotopic (exact) mass is 358 g/mol. The van der Waals surface area contributed by atoms with Crippen molar-refractivity contribution in [3.63, 3.8) is 0 Å². The van der Waals surface area contributed by atoms with Crippen LogP contribution in [0.1, 0.15) is 43.5 Å². The Hall–Kier alpha value is -2.08. The van der Waals surface area contributed by atoms with Gasteiger partial charge >= 0.3 is 0 Å². The lowest BCUT2D eigenvalue weighted by molar-refractivity contribution is 0.0775. The Kier molecular flexibility index (Phi) is 5.51. The number of carbonyl (C=O) groups excluding carboxylic acids is 1. The number of likely N-dealkylation sites (tertiary alicyclic amines) is 1. The van der Waals surface area contributed by atoms with Gasteiger partial charge in [-0.15, -0.1) is 0 Å². The van der Waals surface area contributed by atoms with Crippen molar-refractivity contribution in [1.29, 1.82) is 0 Å². The van der Waals surface area contributed by atoms with Crippen LogP contribution in [0.25, 0.3) is 10.9 Å². The second-order valence-electron chi connectivity index (χ2n) is 7.81. The van der Waals surface area contributed by atoms with Gasteiger partial charge in [0.15, 0.2) is 0 Å². The molecule has 0 spiro atoms. The van der Waals surface area contributed by atoms with Crippen molar-refractivity contribution >= 4 is 16.8 Å². The van der Waals surface area contributed by atoms with Gasteiger partial charge < -0.3 is 19.4 Å². The molecule has 6 nitrogen and oxygen atoms in total. The normalized spacial score (nSPS) is 16.5. The zero-order chi connectivity index (χ0) is 18.8. The Labute approximate surface area is 154 Å². The first kappa shape index (κ1) is 18.7. The molecule has 0 aromatic carbocycles. The van der Waals surface area contributed by atoms with Gasteiger partial charge in [-0.05, 0) is 58.2 Å². The number of nitrogens with one attached hydrogen (secondary N) is 1. The van der Waals surface area contributed by atoms with Gasteiger partial charge in [0.25, 0.3) is 11.5 Å². The van der Waals surface area contributed by atoms with Gasteiger partial charge in [-0.2, -0.15) is 0 Å². The molecule has 3 rings (SSSR count). The number of carbonyl (C=O) groups is 1. The van der Waals surface area contributed by atoms with Gasteiger partial charge in [0, 0.05) is 44.5 Å². The van der Waals surface area contributed by atoms with Crippen molar-refractivity contribution in [3.05, 3.63) is 34.4 Å². The average Bonchev–Trinajstić information content (AvgIpc) is 3.12. The quantitative estimate of drug-likeness (QED) is 0.893. The third-order valence-electron chi connectivity index (χ3n) is 5.72. The predicted octanol–water partition coefficient (Wildman–Crippen LogP) is 2.45. The molecule has 1 fully saturated rings. The molecule has 0 saturated carbocycles. The third-order valence-corrected chi connectivity index (χ3v) is 5.72. The molecule has 0 atom stereocenters. The fraction of sp³-hybridized carbons (Fsp3) is 0.600. The van der Waals surface area contributed by atoms with E-state index >= 15 is 0 Å². The van der Waals surface area contributed by atoms with Crippen LogP contribution in [-0.4, -0.2) is 58.0 Å². The first-order valence-electron chi connectivity index (χ1n) is 9.54. The summed E-state index contributed by atoms with van der Waals surface area (Å²) in [4.78, 5) is 32.3. The molecule has 1 N–H and O–H groups in total. The number of hydrogen-bond acceptors (Lipinski definition) is 3. The Morgan fingerprint density at radius 1 is 1.35 bits per heavy atom. The molecular weight excluding hydrogens is 328 g/mol. The highest BCUT2D eigenvalue weighted by Gasteiger charge is 2.23. The minimum absolute atomic E-state index is 0.0233. The lowest BCUT2D eigenvalue weighted by Crippen LogP contribution is -2.39. The van der Waals surface area contributed by atoms with Gasteiger partial charge in [-0.25, -0.2) is 0 Å². The third kappa shape index (κ3) is 3.70. The van der Waals surface area contributed by atoms with E-state index in [2.05, 4.69) is 23.7 Å². The number of amides is 1. The molecular formula is C20H30N4O2. The summed E-state index contributed by atoms with van der Waals surface area (Å²) in [6.45, 7) is 7.57. The summed E-state index contributed by atoms with van der Waals surface area (Å²) in [5.74, 6) is 0.664. The first-order chi connectivity index (χ1) is 12.4. The molecule has 0 aliphatic carbocycles. The Morgan fingerprint density at radius 3 is 2.69 bits per heavy atom. The molecule has 26 heavy (non-hydrogen) atoms.